The van der Waals surface area contributed by atoms with Crippen molar-refractivity contribution in [2.75, 3.05) is 24.9 Å². The van der Waals surface area contributed by atoms with Crippen molar-refractivity contribution in [3.8, 4) is 0 Å². The second-order valence-corrected chi connectivity index (χ2v) is 12.8. The fraction of sp³-hybridized carbons (Fsp3) is 0.714. The van der Waals surface area contributed by atoms with Crippen LogP contribution >= 0.6 is 12.0 Å². The van der Waals surface area contributed by atoms with E-state index in [4.69, 9.17) is 11.8 Å². The molecule has 0 aliphatic carbocycles. The Morgan fingerprint density at radius 3 is 2.38 bits per heavy atom. The molecule has 10 heteroatoms. The summed E-state index contributed by atoms with van der Waals surface area (Å²) in [6.07, 6.45) is 4.46. The van der Waals surface area contributed by atoms with Crippen molar-refractivity contribution in [3.63, 3.8) is 0 Å². The van der Waals surface area contributed by atoms with Crippen molar-refractivity contribution < 1.29 is 28.8 Å². The fourth-order valence-corrected chi connectivity index (χ4v) is 10.5. The van der Waals surface area contributed by atoms with E-state index in [9.17, 15) is 12.2 Å². The summed E-state index contributed by atoms with van der Waals surface area (Å²) in [5, 5.41) is 0.0863. The van der Waals surface area contributed by atoms with E-state index in [1.54, 1.807) is 32.9 Å². The summed E-state index contributed by atoms with van der Waals surface area (Å²) in [4.78, 5) is 4.53. The first-order valence-corrected chi connectivity index (χ1v) is 13.8. The normalized spacial score (nSPS) is 34.5. The predicted octanol–water partition coefficient (Wildman–Crippen LogP) is 2.32. The third kappa shape index (κ3) is 5.49. The summed E-state index contributed by atoms with van der Waals surface area (Å²) in [5.74, 6) is -0.119. The van der Waals surface area contributed by atoms with Gasteiger partial charge in [0.15, 0.2) is 0 Å². The Balaban J connectivity index is 3.17. The molecule has 0 saturated carbocycles. The van der Waals surface area contributed by atoms with Crippen LogP contribution in [0.4, 0.5) is 0 Å². The first-order valence-electron chi connectivity index (χ1n) is 7.21. The Morgan fingerprint density at radius 2 is 1.92 bits per heavy atom. The van der Waals surface area contributed by atoms with Gasteiger partial charge in [-0.1, -0.05) is 0 Å². The molecule has 0 aromatic carbocycles. The molecule has 24 heavy (non-hydrogen) atoms. The Labute approximate surface area is 151 Å². The first-order chi connectivity index (χ1) is 10.9. The van der Waals surface area contributed by atoms with Crippen LogP contribution in [0.2, 0.25) is 5.21 Å². The summed E-state index contributed by atoms with van der Waals surface area (Å²) < 4.78 is 53.3. The number of hydrogen-bond donors (Lipinski definition) is 0. The van der Waals surface area contributed by atoms with E-state index in [0.29, 0.717) is 0 Å². The van der Waals surface area contributed by atoms with Crippen molar-refractivity contribution in [1.29, 1.82) is 0 Å². The summed E-state index contributed by atoms with van der Waals surface area (Å²) in [7, 11) is -2.03. The second-order valence-electron chi connectivity index (χ2n) is 6.05. The number of hydrogen-bond acceptors (Lipinski definition) is 8. The van der Waals surface area contributed by atoms with Gasteiger partial charge in [0.1, 0.15) is 0 Å². The van der Waals surface area contributed by atoms with Gasteiger partial charge in [-0.2, -0.15) is 0 Å². The molecule has 7 nitrogen and oxygen atoms in total. The Hall–Kier alpha value is -0.0216. The van der Waals surface area contributed by atoms with Crippen molar-refractivity contribution >= 4 is 36.1 Å². The van der Waals surface area contributed by atoms with Gasteiger partial charge < -0.3 is 0 Å². The molecule has 1 aliphatic rings. The maximum absolute atomic E-state index is 13.1. The molecule has 0 amide bonds. The van der Waals surface area contributed by atoms with Gasteiger partial charge in [-0.3, -0.25) is 0 Å². The average Bonchev–Trinajstić information content (AvgIpc) is 2.61. The van der Waals surface area contributed by atoms with Crippen LogP contribution in [0, 0.1) is 0 Å². The Bertz CT molecular complexity index is 646. The van der Waals surface area contributed by atoms with E-state index < -0.39 is 35.2 Å². The maximum atomic E-state index is 13.1. The molecule has 1 fully saturated rings. The third-order valence-corrected chi connectivity index (χ3v) is 10.2. The van der Waals surface area contributed by atoms with Gasteiger partial charge in [-0.25, -0.2) is 0 Å². The van der Waals surface area contributed by atoms with Gasteiger partial charge >= 0.3 is 151 Å². The number of rotatable bonds is 9. The van der Waals surface area contributed by atoms with Crippen LogP contribution in [0.25, 0.3) is 0 Å². The van der Waals surface area contributed by atoms with Crippen LogP contribution in [0.3, 0.4) is 0 Å². The molecule has 1 saturated heterocycles. The SMILES string of the molecule is C=C/C(=C\C)C[As]1(=O)OC(C)(CSOOC)C(C)(CS(C)(=O)=O)O1. The Morgan fingerprint density at radius 1 is 1.33 bits per heavy atom. The molecule has 0 N–H and O–H groups in total. The third-order valence-electron chi connectivity index (χ3n) is 3.80. The van der Waals surface area contributed by atoms with E-state index in [1.807, 2.05) is 0 Å². The standard InChI is InChI=1S/C14H25AsO7S2/c1-7-12(8-2)9-15(16)20-13(3,10-23-22-19-5)14(4,21-15)11-24(6,17)18/h7-8H,1,9-11H2,2-6H3/b12-8+. The summed E-state index contributed by atoms with van der Waals surface area (Å²) in [6, 6.07) is 0. The van der Waals surface area contributed by atoms with E-state index in [-0.39, 0.29) is 16.7 Å². The van der Waals surface area contributed by atoms with Crippen LogP contribution in [0.5, 0.6) is 0 Å². The molecule has 0 aromatic rings. The molecule has 0 bridgehead atoms. The summed E-state index contributed by atoms with van der Waals surface area (Å²) in [6.45, 7) is 8.75. The molecule has 0 spiro atoms. The second kappa shape index (κ2) is 8.12. The van der Waals surface area contributed by atoms with Crippen LogP contribution in [0.1, 0.15) is 20.8 Å². The minimum atomic E-state index is -4.28. The minimum absolute atomic E-state index is 0.0863. The van der Waals surface area contributed by atoms with Gasteiger partial charge in [0.25, 0.3) is 0 Å². The first kappa shape index (κ1) is 22.0. The van der Waals surface area contributed by atoms with Crippen LogP contribution < -0.4 is 0 Å². The van der Waals surface area contributed by atoms with Gasteiger partial charge in [0, 0.05) is 0 Å². The zero-order chi connectivity index (χ0) is 18.6. The number of allylic oxidation sites excluding steroid dienone is 3. The van der Waals surface area contributed by atoms with Crippen molar-refractivity contribution in [2.45, 2.75) is 37.2 Å². The number of sulfone groups is 1. The van der Waals surface area contributed by atoms with Gasteiger partial charge in [0.05, 0.1) is 0 Å². The van der Waals surface area contributed by atoms with Crippen LogP contribution in [-0.4, -0.2) is 58.7 Å². The van der Waals surface area contributed by atoms with Crippen molar-refractivity contribution in [2.24, 2.45) is 0 Å². The topological polar surface area (TPSA) is 88.1 Å². The van der Waals surface area contributed by atoms with Crippen LogP contribution in [-0.2, 0) is 30.3 Å². The molecule has 3 unspecified atom stereocenters. The van der Waals surface area contributed by atoms with E-state index in [1.165, 1.54) is 7.11 Å². The Kier molecular flexibility index (Phi) is 7.45. The molecular formula is C14H25AsO7S2. The predicted molar refractivity (Wildman–Crippen MR) is 94.4 cm³/mol. The quantitative estimate of drug-likeness (QED) is 0.134. The molecule has 0 radical (unpaired) electrons. The van der Waals surface area contributed by atoms with Gasteiger partial charge in [0.2, 0.25) is 0 Å². The van der Waals surface area contributed by atoms with Crippen molar-refractivity contribution in [1.82, 2.24) is 0 Å². The van der Waals surface area contributed by atoms with E-state index in [0.717, 1.165) is 23.9 Å². The van der Waals surface area contributed by atoms with E-state index >= 15 is 0 Å². The molecular weight excluding hydrogens is 419 g/mol. The van der Waals surface area contributed by atoms with Crippen LogP contribution in [0.15, 0.2) is 24.3 Å². The van der Waals surface area contributed by atoms with Gasteiger partial charge in [-0.05, 0) is 0 Å². The fourth-order valence-electron chi connectivity index (χ4n) is 2.43. The summed E-state index contributed by atoms with van der Waals surface area (Å²) >= 11 is -3.34. The van der Waals surface area contributed by atoms with Gasteiger partial charge in [-0.15, -0.1) is 0 Å². The monoisotopic (exact) mass is 444 g/mol. The zero-order valence-electron chi connectivity index (χ0n) is 14.6. The molecule has 0 aromatic heterocycles. The van der Waals surface area contributed by atoms with Crippen molar-refractivity contribution in [3.05, 3.63) is 24.3 Å². The molecule has 140 valence electrons. The molecule has 1 heterocycles. The molecule has 3 atom stereocenters. The molecule has 1 aliphatic heterocycles. The average molecular weight is 444 g/mol. The molecule has 1 rings (SSSR count). The zero-order valence-corrected chi connectivity index (χ0v) is 18.1. The van der Waals surface area contributed by atoms with E-state index in [2.05, 4.69) is 11.5 Å². The summed E-state index contributed by atoms with van der Waals surface area (Å²) in [5.41, 5.74) is -1.66.